The third kappa shape index (κ3) is 4.30. The second kappa shape index (κ2) is 8.30. The van der Waals surface area contributed by atoms with Crippen LogP contribution in [0.2, 0.25) is 0 Å². The number of hydrogen-bond donors (Lipinski definition) is 0. The molecule has 0 saturated carbocycles. The molecule has 1 amide bonds. The topological polar surface area (TPSA) is 84.0 Å². The van der Waals surface area contributed by atoms with Crippen LogP contribution in [-0.4, -0.2) is 62.6 Å². The quantitative estimate of drug-likeness (QED) is 0.693. The summed E-state index contributed by atoms with van der Waals surface area (Å²) in [6.07, 6.45) is 0. The van der Waals surface area contributed by atoms with E-state index < -0.39 is 21.7 Å². The zero-order chi connectivity index (χ0) is 21.2. The van der Waals surface area contributed by atoms with Gasteiger partial charge < -0.3 is 9.64 Å². The highest BCUT2D eigenvalue weighted by atomic mass is 32.2. The predicted octanol–water partition coefficient (Wildman–Crippen LogP) is 2.18. The van der Waals surface area contributed by atoms with Crippen LogP contribution in [0, 0.1) is 5.82 Å². The van der Waals surface area contributed by atoms with Gasteiger partial charge in [0.2, 0.25) is 10.0 Å². The van der Waals surface area contributed by atoms with Crippen LogP contribution in [0.25, 0.3) is 0 Å². The van der Waals surface area contributed by atoms with Gasteiger partial charge in [0.25, 0.3) is 5.91 Å². The molecule has 1 aliphatic heterocycles. The highest BCUT2D eigenvalue weighted by molar-refractivity contribution is 7.89. The minimum absolute atomic E-state index is 0.0917. The van der Waals surface area contributed by atoms with Crippen molar-refractivity contribution < 1.29 is 27.1 Å². The summed E-state index contributed by atoms with van der Waals surface area (Å²) in [5.41, 5.74) is 0.534. The van der Waals surface area contributed by atoms with Gasteiger partial charge in [0, 0.05) is 31.7 Å². The molecule has 0 radical (unpaired) electrons. The van der Waals surface area contributed by atoms with E-state index in [1.807, 2.05) is 0 Å². The van der Waals surface area contributed by atoms with E-state index in [1.165, 1.54) is 59.6 Å². The summed E-state index contributed by atoms with van der Waals surface area (Å²) in [6, 6.07) is 9.46. The predicted molar refractivity (Wildman–Crippen MR) is 104 cm³/mol. The highest BCUT2D eigenvalue weighted by Gasteiger charge is 2.31. The van der Waals surface area contributed by atoms with Gasteiger partial charge in [-0.3, -0.25) is 9.59 Å². The Hall–Kier alpha value is -2.78. The number of nitrogens with zero attached hydrogens (tertiary/aromatic N) is 2. The smallest absolute Gasteiger partial charge is 0.257 e. The van der Waals surface area contributed by atoms with Crippen molar-refractivity contribution in [2.75, 3.05) is 33.3 Å². The molecule has 0 N–H and O–H groups in total. The normalized spacial score (nSPS) is 15.2. The fourth-order valence-corrected chi connectivity index (χ4v) is 4.58. The average molecular weight is 420 g/mol. The summed E-state index contributed by atoms with van der Waals surface area (Å²) in [6.45, 7) is 1.97. The van der Waals surface area contributed by atoms with E-state index in [1.54, 1.807) is 0 Å². The number of ether oxygens (including phenoxy) is 1. The minimum Gasteiger partial charge on any atom is -0.496 e. The zero-order valence-corrected chi connectivity index (χ0v) is 16.9. The first-order valence-corrected chi connectivity index (χ1v) is 10.4. The Balaban J connectivity index is 1.72. The Kier molecular flexibility index (Phi) is 5.99. The molecular formula is C20H21FN2O5S. The van der Waals surface area contributed by atoms with Crippen LogP contribution in [0.4, 0.5) is 4.39 Å². The molecule has 0 unspecified atom stereocenters. The van der Waals surface area contributed by atoms with E-state index in [4.69, 9.17) is 4.74 Å². The third-order valence-electron chi connectivity index (χ3n) is 4.82. The number of piperazine rings is 1. The lowest BCUT2D eigenvalue weighted by atomic mass is 10.1. The molecule has 29 heavy (non-hydrogen) atoms. The van der Waals surface area contributed by atoms with Crippen molar-refractivity contribution in [2.45, 2.75) is 11.8 Å². The molecule has 2 aromatic rings. The summed E-state index contributed by atoms with van der Waals surface area (Å²) >= 11 is 0. The van der Waals surface area contributed by atoms with Crippen molar-refractivity contribution >= 4 is 21.7 Å². The molecule has 0 bridgehead atoms. The molecule has 2 aromatic carbocycles. The first-order valence-electron chi connectivity index (χ1n) is 8.98. The van der Waals surface area contributed by atoms with Gasteiger partial charge in [-0.25, -0.2) is 12.8 Å². The summed E-state index contributed by atoms with van der Waals surface area (Å²) < 4.78 is 45.6. The van der Waals surface area contributed by atoms with Crippen LogP contribution in [0.15, 0.2) is 47.4 Å². The van der Waals surface area contributed by atoms with Crippen LogP contribution in [-0.2, 0) is 10.0 Å². The van der Waals surface area contributed by atoms with E-state index in [9.17, 15) is 22.4 Å². The number of amides is 1. The molecule has 1 heterocycles. The maximum absolute atomic E-state index is 13.6. The Bertz CT molecular complexity index is 1030. The van der Waals surface area contributed by atoms with E-state index in [-0.39, 0.29) is 48.2 Å². The molecule has 7 nitrogen and oxygen atoms in total. The molecular weight excluding hydrogens is 399 g/mol. The van der Waals surface area contributed by atoms with Crippen molar-refractivity contribution in [3.63, 3.8) is 0 Å². The molecule has 154 valence electrons. The molecule has 1 saturated heterocycles. The van der Waals surface area contributed by atoms with Gasteiger partial charge in [-0.15, -0.1) is 0 Å². The molecule has 0 spiro atoms. The standard InChI is InChI=1S/C20H21FN2O5S/c1-14(24)15-3-6-17(7-4-15)29(26,27)23-11-9-22(10-12-23)20(25)18-13-16(21)5-8-19(18)28-2/h3-8,13H,9-12H2,1-2H3. The number of halogens is 1. The lowest BCUT2D eigenvalue weighted by molar-refractivity contribution is 0.0694. The Morgan fingerprint density at radius 3 is 2.17 bits per heavy atom. The van der Waals surface area contributed by atoms with Crippen LogP contribution in [0.3, 0.4) is 0 Å². The van der Waals surface area contributed by atoms with Gasteiger partial charge >= 0.3 is 0 Å². The van der Waals surface area contributed by atoms with E-state index >= 15 is 0 Å². The summed E-state index contributed by atoms with van der Waals surface area (Å²) in [4.78, 5) is 25.7. The van der Waals surface area contributed by atoms with Crippen LogP contribution in [0.1, 0.15) is 27.6 Å². The fourth-order valence-electron chi connectivity index (χ4n) is 3.16. The lowest BCUT2D eigenvalue weighted by Crippen LogP contribution is -2.50. The summed E-state index contributed by atoms with van der Waals surface area (Å²) in [7, 11) is -2.34. The number of rotatable bonds is 5. The number of benzene rings is 2. The second-order valence-electron chi connectivity index (χ2n) is 6.62. The number of hydrogen-bond acceptors (Lipinski definition) is 5. The van der Waals surface area contributed by atoms with Crippen molar-refractivity contribution in [2.24, 2.45) is 0 Å². The van der Waals surface area contributed by atoms with Crippen molar-refractivity contribution in [3.8, 4) is 5.75 Å². The van der Waals surface area contributed by atoms with Gasteiger partial charge in [0.15, 0.2) is 5.78 Å². The molecule has 9 heteroatoms. The van der Waals surface area contributed by atoms with Gasteiger partial charge in [0.05, 0.1) is 17.6 Å². The number of Topliss-reactive ketones (excluding diaryl/α,β-unsaturated/α-hetero) is 1. The monoisotopic (exact) mass is 420 g/mol. The Morgan fingerprint density at radius 2 is 1.62 bits per heavy atom. The van der Waals surface area contributed by atoms with E-state index in [0.717, 1.165) is 6.07 Å². The maximum Gasteiger partial charge on any atom is 0.257 e. The van der Waals surface area contributed by atoms with E-state index in [2.05, 4.69) is 0 Å². The molecule has 0 aliphatic carbocycles. The Morgan fingerprint density at radius 1 is 1.00 bits per heavy atom. The molecule has 1 aliphatic rings. The van der Waals surface area contributed by atoms with Gasteiger partial charge in [-0.05, 0) is 37.3 Å². The average Bonchev–Trinajstić information content (AvgIpc) is 2.73. The van der Waals surface area contributed by atoms with Gasteiger partial charge in [0.1, 0.15) is 11.6 Å². The van der Waals surface area contributed by atoms with Crippen molar-refractivity contribution in [3.05, 3.63) is 59.4 Å². The zero-order valence-electron chi connectivity index (χ0n) is 16.1. The number of sulfonamides is 1. The van der Waals surface area contributed by atoms with Crippen molar-refractivity contribution in [1.82, 2.24) is 9.21 Å². The highest BCUT2D eigenvalue weighted by Crippen LogP contribution is 2.23. The van der Waals surface area contributed by atoms with Crippen LogP contribution >= 0.6 is 0 Å². The van der Waals surface area contributed by atoms with Crippen LogP contribution in [0.5, 0.6) is 5.75 Å². The number of carbonyl (C=O) groups excluding carboxylic acids is 2. The SMILES string of the molecule is COc1ccc(F)cc1C(=O)N1CCN(S(=O)(=O)c2ccc(C(C)=O)cc2)CC1. The third-order valence-corrected chi connectivity index (χ3v) is 6.73. The number of ketones is 1. The number of methoxy groups -OCH3 is 1. The van der Waals surface area contributed by atoms with Gasteiger partial charge in [-0.1, -0.05) is 12.1 Å². The molecule has 1 fully saturated rings. The van der Waals surface area contributed by atoms with Crippen molar-refractivity contribution in [1.29, 1.82) is 0 Å². The minimum atomic E-state index is -3.74. The van der Waals surface area contributed by atoms with E-state index in [0.29, 0.717) is 5.56 Å². The first-order chi connectivity index (χ1) is 13.7. The number of carbonyl (C=O) groups is 2. The first kappa shape index (κ1) is 20.9. The van der Waals surface area contributed by atoms with Crippen LogP contribution < -0.4 is 4.74 Å². The fraction of sp³-hybridized carbons (Fsp3) is 0.300. The molecule has 0 atom stereocenters. The lowest BCUT2D eigenvalue weighted by Gasteiger charge is -2.34. The summed E-state index contributed by atoms with van der Waals surface area (Å²) in [5.74, 6) is -0.848. The second-order valence-corrected chi connectivity index (χ2v) is 8.56. The Labute approximate surface area is 168 Å². The maximum atomic E-state index is 13.6. The largest absolute Gasteiger partial charge is 0.496 e. The molecule has 0 aromatic heterocycles. The molecule has 3 rings (SSSR count). The summed E-state index contributed by atoms with van der Waals surface area (Å²) in [5, 5.41) is 0. The van der Waals surface area contributed by atoms with Gasteiger partial charge in [-0.2, -0.15) is 4.31 Å².